The number of rotatable bonds is 4. The van der Waals surface area contributed by atoms with Crippen LogP contribution in [0.4, 0.5) is 4.39 Å². The lowest BCUT2D eigenvalue weighted by Gasteiger charge is -2.07. The van der Waals surface area contributed by atoms with Crippen molar-refractivity contribution in [2.45, 2.75) is 6.42 Å². The van der Waals surface area contributed by atoms with Crippen LogP contribution in [0.25, 0.3) is 10.9 Å². The average molecular weight is 295 g/mol. The molecule has 0 fully saturated rings. The zero-order valence-corrected chi connectivity index (χ0v) is 11.8. The quantitative estimate of drug-likeness (QED) is 0.805. The van der Waals surface area contributed by atoms with Crippen LogP contribution in [0.3, 0.4) is 0 Å². The van der Waals surface area contributed by atoms with E-state index < -0.39 is 0 Å². The van der Waals surface area contributed by atoms with Gasteiger partial charge in [-0.15, -0.1) is 0 Å². The Morgan fingerprint density at radius 2 is 1.82 bits per heavy atom. The highest BCUT2D eigenvalue weighted by molar-refractivity contribution is 6.04. The lowest BCUT2D eigenvalue weighted by molar-refractivity contribution is 0.0950. The van der Waals surface area contributed by atoms with Crippen molar-refractivity contribution in [2.75, 3.05) is 6.54 Å². The van der Waals surface area contributed by atoms with Gasteiger partial charge in [-0.1, -0.05) is 36.4 Å². The van der Waals surface area contributed by atoms with Gasteiger partial charge in [0.1, 0.15) is 17.8 Å². The summed E-state index contributed by atoms with van der Waals surface area (Å²) in [6.07, 6.45) is 1.80. The Balaban J connectivity index is 1.70. The second kappa shape index (κ2) is 6.30. The fourth-order valence-electron chi connectivity index (χ4n) is 2.28. The van der Waals surface area contributed by atoms with Crippen molar-refractivity contribution in [3.8, 4) is 0 Å². The Kier molecular flexibility index (Phi) is 4.05. The summed E-state index contributed by atoms with van der Waals surface area (Å²) in [6, 6.07) is 13.9. The van der Waals surface area contributed by atoms with Crippen molar-refractivity contribution in [2.24, 2.45) is 0 Å². The van der Waals surface area contributed by atoms with Gasteiger partial charge in [0.2, 0.25) is 0 Å². The molecule has 22 heavy (non-hydrogen) atoms. The molecule has 1 N–H and O–H groups in total. The summed E-state index contributed by atoms with van der Waals surface area (Å²) >= 11 is 0. The van der Waals surface area contributed by atoms with Crippen LogP contribution in [-0.2, 0) is 6.42 Å². The molecule has 0 aliphatic carbocycles. The number of nitrogens with zero attached hydrogens (tertiary/aromatic N) is 2. The van der Waals surface area contributed by atoms with E-state index in [-0.39, 0.29) is 11.7 Å². The summed E-state index contributed by atoms with van der Waals surface area (Å²) in [7, 11) is 0. The topological polar surface area (TPSA) is 54.9 Å². The molecular weight excluding hydrogens is 281 g/mol. The molecule has 2 aromatic carbocycles. The number of amides is 1. The third kappa shape index (κ3) is 2.93. The number of para-hydroxylation sites is 1. The van der Waals surface area contributed by atoms with Crippen LogP contribution in [0, 0.1) is 5.82 Å². The van der Waals surface area contributed by atoms with Crippen LogP contribution in [-0.4, -0.2) is 22.4 Å². The molecule has 3 rings (SSSR count). The van der Waals surface area contributed by atoms with E-state index in [0.29, 0.717) is 29.6 Å². The Hall–Kier alpha value is -2.82. The Morgan fingerprint density at radius 3 is 2.68 bits per heavy atom. The summed E-state index contributed by atoms with van der Waals surface area (Å²) in [5.41, 5.74) is 1.63. The zero-order chi connectivity index (χ0) is 15.4. The predicted octanol–water partition coefficient (Wildman–Crippen LogP) is 2.74. The number of hydrogen-bond acceptors (Lipinski definition) is 3. The van der Waals surface area contributed by atoms with Crippen LogP contribution in [0.1, 0.15) is 16.1 Å². The summed E-state index contributed by atoms with van der Waals surface area (Å²) < 4.78 is 13.5. The molecule has 0 spiro atoms. The molecule has 0 saturated carbocycles. The van der Waals surface area contributed by atoms with Crippen LogP contribution < -0.4 is 5.32 Å². The third-order valence-electron chi connectivity index (χ3n) is 3.40. The first-order valence-electron chi connectivity index (χ1n) is 6.97. The number of halogens is 1. The highest BCUT2D eigenvalue weighted by Crippen LogP contribution is 2.13. The first-order valence-corrected chi connectivity index (χ1v) is 6.97. The van der Waals surface area contributed by atoms with Crippen molar-refractivity contribution in [1.29, 1.82) is 0 Å². The molecule has 0 bridgehead atoms. The summed E-state index contributed by atoms with van der Waals surface area (Å²) in [5.74, 6) is -0.542. The number of fused-ring (bicyclic) bond motifs is 1. The number of carbonyl (C=O) groups is 1. The van der Waals surface area contributed by atoms with E-state index in [1.165, 1.54) is 12.4 Å². The number of carbonyl (C=O) groups excluding carboxylic acids is 1. The molecular formula is C17H14FN3O. The van der Waals surface area contributed by atoms with Gasteiger partial charge in [-0.05, 0) is 24.1 Å². The van der Waals surface area contributed by atoms with Crippen molar-refractivity contribution in [3.05, 3.63) is 71.9 Å². The molecule has 1 heterocycles. The maximum absolute atomic E-state index is 13.5. The zero-order valence-electron chi connectivity index (χ0n) is 11.8. The maximum Gasteiger partial charge on any atom is 0.270 e. The molecule has 0 aliphatic rings. The van der Waals surface area contributed by atoms with E-state index in [4.69, 9.17) is 0 Å². The average Bonchev–Trinajstić information content (AvgIpc) is 2.56. The Bertz CT molecular complexity index is 814. The molecule has 3 aromatic rings. The normalized spacial score (nSPS) is 10.6. The standard InChI is InChI=1S/C17H14FN3O/c18-14-7-3-1-5-12(14)9-10-19-17(22)16-13-6-2-4-8-15(13)20-11-21-16/h1-8,11H,9-10H2,(H,19,22). The van der Waals surface area contributed by atoms with E-state index in [1.807, 2.05) is 18.2 Å². The molecule has 4 nitrogen and oxygen atoms in total. The van der Waals surface area contributed by atoms with Gasteiger partial charge >= 0.3 is 0 Å². The monoisotopic (exact) mass is 295 g/mol. The molecule has 110 valence electrons. The van der Waals surface area contributed by atoms with E-state index >= 15 is 0 Å². The minimum absolute atomic E-state index is 0.260. The van der Waals surface area contributed by atoms with Crippen LogP contribution in [0.5, 0.6) is 0 Å². The minimum atomic E-state index is -0.282. The number of nitrogens with one attached hydrogen (secondary N) is 1. The second-order valence-corrected chi connectivity index (χ2v) is 4.84. The lowest BCUT2D eigenvalue weighted by atomic mass is 10.1. The first-order chi connectivity index (χ1) is 10.8. The van der Waals surface area contributed by atoms with Gasteiger partial charge < -0.3 is 5.32 Å². The van der Waals surface area contributed by atoms with Crippen molar-refractivity contribution in [1.82, 2.24) is 15.3 Å². The van der Waals surface area contributed by atoms with Gasteiger partial charge in [0, 0.05) is 11.9 Å². The molecule has 0 unspecified atom stereocenters. The molecule has 0 saturated heterocycles. The third-order valence-corrected chi connectivity index (χ3v) is 3.40. The van der Waals surface area contributed by atoms with E-state index in [0.717, 1.165) is 5.52 Å². The molecule has 5 heteroatoms. The second-order valence-electron chi connectivity index (χ2n) is 4.84. The van der Waals surface area contributed by atoms with Crippen molar-refractivity contribution >= 4 is 16.8 Å². The van der Waals surface area contributed by atoms with Gasteiger partial charge in [-0.3, -0.25) is 4.79 Å². The molecule has 0 aliphatic heterocycles. The number of benzene rings is 2. The van der Waals surface area contributed by atoms with Crippen molar-refractivity contribution in [3.63, 3.8) is 0 Å². The smallest absolute Gasteiger partial charge is 0.270 e. The van der Waals surface area contributed by atoms with Gasteiger partial charge in [0.25, 0.3) is 5.91 Å². The maximum atomic E-state index is 13.5. The number of hydrogen-bond donors (Lipinski definition) is 1. The Labute approximate surface area is 127 Å². The van der Waals surface area contributed by atoms with Crippen LogP contribution in [0.2, 0.25) is 0 Å². The molecule has 0 radical (unpaired) electrons. The molecule has 1 amide bonds. The van der Waals surface area contributed by atoms with Crippen molar-refractivity contribution < 1.29 is 9.18 Å². The van der Waals surface area contributed by atoms with Gasteiger partial charge in [-0.25, -0.2) is 14.4 Å². The van der Waals surface area contributed by atoms with E-state index in [2.05, 4.69) is 15.3 Å². The fourth-order valence-corrected chi connectivity index (χ4v) is 2.28. The number of aromatic nitrogens is 2. The molecule has 0 atom stereocenters. The first kappa shape index (κ1) is 14.1. The SMILES string of the molecule is O=C(NCCc1ccccc1F)c1ncnc2ccccc12. The highest BCUT2D eigenvalue weighted by Gasteiger charge is 2.11. The van der Waals surface area contributed by atoms with Crippen LogP contribution >= 0.6 is 0 Å². The highest BCUT2D eigenvalue weighted by atomic mass is 19.1. The molecule has 1 aromatic heterocycles. The van der Waals surface area contributed by atoms with E-state index in [9.17, 15) is 9.18 Å². The lowest BCUT2D eigenvalue weighted by Crippen LogP contribution is -2.27. The van der Waals surface area contributed by atoms with E-state index in [1.54, 1.807) is 24.3 Å². The fraction of sp³-hybridized carbons (Fsp3) is 0.118. The van der Waals surface area contributed by atoms with Gasteiger partial charge in [0.15, 0.2) is 0 Å². The summed E-state index contributed by atoms with van der Waals surface area (Å²) in [6.45, 7) is 0.345. The Morgan fingerprint density at radius 1 is 1.05 bits per heavy atom. The van der Waals surface area contributed by atoms with Gasteiger partial charge in [-0.2, -0.15) is 0 Å². The predicted molar refractivity (Wildman–Crippen MR) is 82.0 cm³/mol. The summed E-state index contributed by atoms with van der Waals surface area (Å²) in [4.78, 5) is 20.4. The van der Waals surface area contributed by atoms with Crippen LogP contribution in [0.15, 0.2) is 54.9 Å². The minimum Gasteiger partial charge on any atom is -0.350 e. The summed E-state index contributed by atoms with van der Waals surface area (Å²) in [5, 5.41) is 3.47. The largest absolute Gasteiger partial charge is 0.350 e. The van der Waals surface area contributed by atoms with Gasteiger partial charge in [0.05, 0.1) is 5.52 Å².